The number of imidazole rings is 1. The van der Waals surface area contributed by atoms with Crippen LogP contribution in [0.25, 0.3) is 11.0 Å². The van der Waals surface area contributed by atoms with E-state index in [-0.39, 0.29) is 12.0 Å². The summed E-state index contributed by atoms with van der Waals surface area (Å²) in [6.45, 7) is 10.2. The van der Waals surface area contributed by atoms with Gasteiger partial charge < -0.3 is 9.67 Å². The molecule has 2 aromatic rings. The normalized spacial score (nSPS) is 12.1. The summed E-state index contributed by atoms with van der Waals surface area (Å²) in [5, 5.41) is 9.11. The monoisotopic (exact) mass is 260 g/mol. The Morgan fingerprint density at radius 2 is 1.84 bits per heavy atom. The van der Waals surface area contributed by atoms with Gasteiger partial charge in [0.2, 0.25) is 0 Å². The predicted molar refractivity (Wildman–Crippen MR) is 75.5 cm³/mol. The molecule has 19 heavy (non-hydrogen) atoms. The average molecular weight is 260 g/mol. The van der Waals surface area contributed by atoms with E-state index < -0.39 is 5.97 Å². The summed E-state index contributed by atoms with van der Waals surface area (Å²) in [6.07, 6.45) is 0. The lowest BCUT2D eigenvalue weighted by atomic mass is 9.95. The molecule has 0 radical (unpaired) electrons. The van der Waals surface area contributed by atoms with Gasteiger partial charge in [-0.3, -0.25) is 4.79 Å². The molecule has 0 fully saturated rings. The number of hydrogen-bond donors (Lipinski definition) is 1. The van der Waals surface area contributed by atoms with E-state index in [9.17, 15) is 4.79 Å². The maximum atomic E-state index is 11.1. The Labute approximate surface area is 113 Å². The van der Waals surface area contributed by atoms with Crippen LogP contribution in [-0.4, -0.2) is 20.6 Å². The lowest BCUT2D eigenvalue weighted by molar-refractivity contribution is -0.137. The zero-order valence-electron chi connectivity index (χ0n) is 12.1. The van der Waals surface area contributed by atoms with Crippen LogP contribution in [-0.2, 0) is 16.8 Å². The Hall–Kier alpha value is -1.84. The number of benzene rings is 1. The molecule has 0 bridgehead atoms. The first-order valence-corrected chi connectivity index (χ1v) is 6.40. The average Bonchev–Trinajstić information content (AvgIpc) is 2.57. The van der Waals surface area contributed by atoms with Gasteiger partial charge in [-0.05, 0) is 37.1 Å². The minimum absolute atomic E-state index is 0.0500. The molecule has 0 amide bonds. The number of carboxylic acids is 1. The molecule has 4 heteroatoms. The Bertz CT molecular complexity index is 648. The summed E-state index contributed by atoms with van der Waals surface area (Å²) in [6, 6.07) is 4.05. The van der Waals surface area contributed by atoms with Crippen molar-refractivity contribution in [2.24, 2.45) is 0 Å². The molecule has 0 saturated heterocycles. The first-order chi connectivity index (χ1) is 8.70. The van der Waals surface area contributed by atoms with Gasteiger partial charge in [0.15, 0.2) is 0 Å². The lowest BCUT2D eigenvalue weighted by Gasteiger charge is -2.19. The second-order valence-electron chi connectivity index (χ2n) is 6.09. The molecule has 4 nitrogen and oxygen atoms in total. The number of carbonyl (C=O) groups is 1. The van der Waals surface area contributed by atoms with Crippen molar-refractivity contribution in [3.63, 3.8) is 0 Å². The standard InChI is InChI=1S/C15H20N2O2/c1-9-6-11-12(7-10(9)2)17(8-13(18)19)14(16-11)15(3,4)5/h6-7H,8H2,1-5H3,(H,18,19). The molecule has 1 aromatic carbocycles. The number of aromatic nitrogens is 2. The van der Waals surface area contributed by atoms with E-state index in [1.165, 1.54) is 5.56 Å². The number of fused-ring (bicyclic) bond motifs is 1. The number of rotatable bonds is 2. The van der Waals surface area contributed by atoms with Crippen molar-refractivity contribution < 1.29 is 9.90 Å². The van der Waals surface area contributed by atoms with Crippen LogP contribution in [0.2, 0.25) is 0 Å². The van der Waals surface area contributed by atoms with Crippen LogP contribution in [0, 0.1) is 13.8 Å². The van der Waals surface area contributed by atoms with Crippen molar-refractivity contribution in [1.29, 1.82) is 0 Å². The molecule has 0 saturated carbocycles. The van der Waals surface area contributed by atoms with Crippen LogP contribution in [0.15, 0.2) is 12.1 Å². The van der Waals surface area contributed by atoms with E-state index in [4.69, 9.17) is 5.11 Å². The van der Waals surface area contributed by atoms with Gasteiger partial charge in [0, 0.05) is 5.41 Å². The summed E-state index contributed by atoms with van der Waals surface area (Å²) in [5.41, 5.74) is 3.91. The highest BCUT2D eigenvalue weighted by Crippen LogP contribution is 2.28. The molecule has 0 aliphatic rings. The highest BCUT2D eigenvalue weighted by molar-refractivity contribution is 5.80. The van der Waals surface area contributed by atoms with E-state index in [0.29, 0.717) is 0 Å². The minimum atomic E-state index is -0.844. The fourth-order valence-corrected chi connectivity index (χ4v) is 2.25. The number of aliphatic carboxylic acids is 1. The van der Waals surface area contributed by atoms with Crippen molar-refractivity contribution in [2.75, 3.05) is 0 Å². The molecule has 102 valence electrons. The maximum absolute atomic E-state index is 11.1. The van der Waals surface area contributed by atoms with Crippen molar-refractivity contribution in [3.05, 3.63) is 29.1 Å². The largest absolute Gasteiger partial charge is 0.480 e. The van der Waals surface area contributed by atoms with Gasteiger partial charge in [0.1, 0.15) is 12.4 Å². The van der Waals surface area contributed by atoms with Crippen molar-refractivity contribution in [1.82, 2.24) is 9.55 Å². The van der Waals surface area contributed by atoms with Crippen LogP contribution in [0.5, 0.6) is 0 Å². The van der Waals surface area contributed by atoms with Gasteiger partial charge in [-0.2, -0.15) is 0 Å². The molecular formula is C15H20N2O2. The lowest BCUT2D eigenvalue weighted by Crippen LogP contribution is -2.21. The van der Waals surface area contributed by atoms with Crippen molar-refractivity contribution in [2.45, 2.75) is 46.6 Å². The van der Waals surface area contributed by atoms with Gasteiger partial charge in [-0.15, -0.1) is 0 Å². The third-order valence-electron chi connectivity index (χ3n) is 3.33. The SMILES string of the molecule is Cc1cc2nc(C(C)(C)C)n(CC(=O)O)c2cc1C. The van der Waals surface area contributed by atoms with Gasteiger partial charge in [0.05, 0.1) is 11.0 Å². The number of aryl methyl sites for hydroxylation is 2. The van der Waals surface area contributed by atoms with Gasteiger partial charge >= 0.3 is 5.97 Å². The first kappa shape index (κ1) is 13.6. The zero-order valence-corrected chi connectivity index (χ0v) is 12.1. The summed E-state index contributed by atoms with van der Waals surface area (Å²) in [5.74, 6) is -0.0297. The van der Waals surface area contributed by atoms with E-state index in [1.807, 2.05) is 51.3 Å². The minimum Gasteiger partial charge on any atom is -0.480 e. The molecule has 0 aliphatic carbocycles. The number of hydrogen-bond acceptors (Lipinski definition) is 2. The Morgan fingerprint density at radius 3 is 2.37 bits per heavy atom. The van der Waals surface area contributed by atoms with E-state index >= 15 is 0 Å². The molecule has 1 N–H and O–H groups in total. The molecule has 1 aromatic heterocycles. The quantitative estimate of drug-likeness (QED) is 0.903. The van der Waals surface area contributed by atoms with Gasteiger partial charge in [0.25, 0.3) is 0 Å². The highest BCUT2D eigenvalue weighted by atomic mass is 16.4. The fourth-order valence-electron chi connectivity index (χ4n) is 2.25. The molecule has 0 spiro atoms. The van der Waals surface area contributed by atoms with Crippen LogP contribution < -0.4 is 0 Å². The number of carboxylic acid groups (broad SMARTS) is 1. The smallest absolute Gasteiger partial charge is 0.323 e. The van der Waals surface area contributed by atoms with Crippen LogP contribution >= 0.6 is 0 Å². The fraction of sp³-hybridized carbons (Fsp3) is 0.467. The van der Waals surface area contributed by atoms with Crippen LogP contribution in [0.1, 0.15) is 37.7 Å². The Balaban J connectivity index is 2.77. The predicted octanol–water partition coefficient (Wildman–Crippen LogP) is 3.04. The molecule has 0 unspecified atom stereocenters. The Kier molecular flexibility index (Phi) is 3.12. The highest BCUT2D eigenvalue weighted by Gasteiger charge is 2.24. The third kappa shape index (κ3) is 2.48. The van der Waals surface area contributed by atoms with Gasteiger partial charge in [-0.25, -0.2) is 4.98 Å². The van der Waals surface area contributed by atoms with E-state index in [0.717, 1.165) is 22.4 Å². The van der Waals surface area contributed by atoms with E-state index in [2.05, 4.69) is 4.98 Å². The summed E-state index contributed by atoms with van der Waals surface area (Å²) < 4.78 is 1.81. The molecule has 1 heterocycles. The first-order valence-electron chi connectivity index (χ1n) is 6.40. The Morgan fingerprint density at radius 1 is 1.26 bits per heavy atom. The molecule has 0 atom stereocenters. The topological polar surface area (TPSA) is 55.1 Å². The van der Waals surface area contributed by atoms with Crippen molar-refractivity contribution >= 4 is 17.0 Å². The van der Waals surface area contributed by atoms with Crippen LogP contribution in [0.3, 0.4) is 0 Å². The second-order valence-corrected chi connectivity index (χ2v) is 6.09. The van der Waals surface area contributed by atoms with E-state index in [1.54, 1.807) is 0 Å². The zero-order chi connectivity index (χ0) is 14.4. The molecule has 0 aliphatic heterocycles. The maximum Gasteiger partial charge on any atom is 0.323 e. The molecule has 2 rings (SSSR count). The van der Waals surface area contributed by atoms with Gasteiger partial charge in [-0.1, -0.05) is 20.8 Å². The third-order valence-corrected chi connectivity index (χ3v) is 3.33. The summed E-state index contributed by atoms with van der Waals surface area (Å²) in [4.78, 5) is 15.7. The van der Waals surface area contributed by atoms with Crippen LogP contribution in [0.4, 0.5) is 0 Å². The summed E-state index contributed by atoms with van der Waals surface area (Å²) >= 11 is 0. The number of nitrogens with zero attached hydrogens (tertiary/aromatic N) is 2. The summed E-state index contributed by atoms with van der Waals surface area (Å²) in [7, 11) is 0. The second kappa shape index (κ2) is 4.37. The van der Waals surface area contributed by atoms with Crippen molar-refractivity contribution in [3.8, 4) is 0 Å². The molecular weight excluding hydrogens is 240 g/mol.